The van der Waals surface area contributed by atoms with E-state index in [-0.39, 0.29) is 11.6 Å². The second kappa shape index (κ2) is 6.10. The Morgan fingerprint density at radius 1 is 1.04 bits per heavy atom. The van der Waals surface area contributed by atoms with E-state index in [2.05, 4.69) is 10.3 Å². The van der Waals surface area contributed by atoms with E-state index in [0.29, 0.717) is 39.0 Å². The van der Waals surface area contributed by atoms with Crippen molar-refractivity contribution in [3.63, 3.8) is 0 Å². The minimum Gasteiger partial charge on any atom is -0.379 e. The van der Waals surface area contributed by atoms with Gasteiger partial charge in [0.1, 0.15) is 0 Å². The van der Waals surface area contributed by atoms with Gasteiger partial charge in [-0.3, -0.25) is 9.59 Å². The number of thiazole rings is 1. The molecule has 0 amide bonds. The summed E-state index contributed by atoms with van der Waals surface area (Å²) in [5.41, 5.74) is 3.40. The highest BCUT2D eigenvalue weighted by Crippen LogP contribution is 2.34. The zero-order valence-electron chi connectivity index (χ0n) is 13.3. The lowest BCUT2D eigenvalue weighted by Crippen LogP contribution is -2.23. The van der Waals surface area contributed by atoms with Crippen LogP contribution >= 0.6 is 22.9 Å². The fourth-order valence-corrected chi connectivity index (χ4v) is 3.98. The molecule has 0 saturated carbocycles. The van der Waals surface area contributed by atoms with Gasteiger partial charge in [0.25, 0.3) is 0 Å². The number of halogens is 1. The number of nitrogens with zero attached hydrogens (tertiary/aromatic N) is 1. The number of hydrogen-bond acceptors (Lipinski definition) is 5. The summed E-state index contributed by atoms with van der Waals surface area (Å²) in [7, 11) is 0. The Morgan fingerprint density at radius 2 is 1.76 bits per heavy atom. The van der Waals surface area contributed by atoms with Gasteiger partial charge in [-0.05, 0) is 18.6 Å². The predicted octanol–water partition coefficient (Wildman–Crippen LogP) is 4.49. The fourth-order valence-electron chi connectivity index (χ4n) is 3.06. The van der Waals surface area contributed by atoms with E-state index in [1.54, 1.807) is 36.5 Å². The molecule has 0 spiro atoms. The number of ketones is 2. The first kappa shape index (κ1) is 16.0. The predicted molar refractivity (Wildman–Crippen MR) is 98.9 cm³/mol. The molecule has 2 aromatic carbocycles. The van der Waals surface area contributed by atoms with Crippen LogP contribution < -0.4 is 5.32 Å². The number of aromatic nitrogens is 1. The van der Waals surface area contributed by atoms with Crippen LogP contribution in [0.15, 0.2) is 42.6 Å². The van der Waals surface area contributed by atoms with Gasteiger partial charge in [0, 0.05) is 33.5 Å². The number of nitrogens with one attached hydrogen (secondary N) is 1. The van der Waals surface area contributed by atoms with E-state index in [9.17, 15) is 9.59 Å². The summed E-state index contributed by atoms with van der Waals surface area (Å²) in [5, 5.41) is 3.29. The van der Waals surface area contributed by atoms with Crippen molar-refractivity contribution in [3.05, 3.63) is 79.8 Å². The van der Waals surface area contributed by atoms with Crippen molar-refractivity contribution in [2.24, 2.45) is 0 Å². The highest BCUT2D eigenvalue weighted by Gasteiger charge is 2.32. The first-order valence-corrected chi connectivity index (χ1v) is 8.92. The minimum absolute atomic E-state index is 0.117. The van der Waals surface area contributed by atoms with Crippen LogP contribution in [0.1, 0.15) is 42.3 Å². The first-order valence-electron chi connectivity index (χ1n) is 7.72. The summed E-state index contributed by atoms with van der Waals surface area (Å²) < 4.78 is 0.476. The molecule has 124 valence electrons. The molecule has 0 bridgehead atoms. The summed E-state index contributed by atoms with van der Waals surface area (Å²) in [6, 6.07) is 10.5. The summed E-state index contributed by atoms with van der Waals surface area (Å²) in [6.45, 7) is 2.41. The molecule has 4 rings (SSSR count). The molecule has 0 fully saturated rings. The van der Waals surface area contributed by atoms with E-state index >= 15 is 0 Å². The van der Waals surface area contributed by atoms with Crippen LogP contribution in [0.25, 0.3) is 0 Å². The van der Waals surface area contributed by atoms with Crippen LogP contribution in [-0.4, -0.2) is 16.6 Å². The molecule has 6 heteroatoms. The number of fused-ring (bicyclic) bond motifs is 2. The number of hydrogen-bond donors (Lipinski definition) is 1. The molecule has 3 aromatic rings. The summed E-state index contributed by atoms with van der Waals surface area (Å²) in [4.78, 5) is 30.8. The number of aryl methyl sites for hydroxylation is 1. The monoisotopic (exact) mass is 368 g/mol. The lowest BCUT2D eigenvalue weighted by Gasteiger charge is -2.22. The summed E-state index contributed by atoms with van der Waals surface area (Å²) >= 11 is 7.25. The minimum atomic E-state index is -0.126. The van der Waals surface area contributed by atoms with Crippen LogP contribution in [0.3, 0.4) is 0 Å². The molecule has 1 heterocycles. The van der Waals surface area contributed by atoms with Crippen molar-refractivity contribution in [1.82, 2.24) is 4.98 Å². The Morgan fingerprint density at radius 3 is 2.44 bits per heavy atom. The Labute approximate surface area is 153 Å². The molecular formula is C19H13ClN2O2S. The third kappa shape index (κ3) is 2.65. The molecule has 1 aromatic heterocycles. The number of anilines is 1. The largest absolute Gasteiger partial charge is 0.379 e. The van der Waals surface area contributed by atoms with Gasteiger partial charge in [-0.2, -0.15) is 0 Å². The van der Waals surface area contributed by atoms with Gasteiger partial charge in [0.05, 0.1) is 12.1 Å². The van der Waals surface area contributed by atoms with Crippen molar-refractivity contribution in [2.45, 2.75) is 13.5 Å². The van der Waals surface area contributed by atoms with Gasteiger partial charge in [-0.1, -0.05) is 41.9 Å². The normalized spacial score (nSPS) is 12.7. The maximum atomic E-state index is 13.0. The molecule has 0 saturated heterocycles. The first-order chi connectivity index (χ1) is 12.1. The molecule has 1 aliphatic carbocycles. The molecule has 0 atom stereocenters. The standard InChI is InChI=1S/C19H13ClN2O2S/c1-10-6-7-14-15(16(10)21-8-11-9-22-19(20)25-11)18(24)13-5-3-2-4-12(13)17(14)23/h2-7,9,21H,8H2,1H3. The maximum absolute atomic E-state index is 13.0. The van der Waals surface area contributed by atoms with Crippen molar-refractivity contribution in [3.8, 4) is 0 Å². The van der Waals surface area contributed by atoms with E-state index in [1.807, 2.05) is 13.0 Å². The third-order valence-corrected chi connectivity index (χ3v) is 5.38. The lowest BCUT2D eigenvalue weighted by atomic mass is 9.82. The highest BCUT2D eigenvalue weighted by atomic mass is 35.5. The van der Waals surface area contributed by atoms with Crippen LogP contribution in [0.5, 0.6) is 0 Å². The van der Waals surface area contributed by atoms with E-state index in [0.717, 1.165) is 10.4 Å². The van der Waals surface area contributed by atoms with Crippen LogP contribution in [0, 0.1) is 6.92 Å². The van der Waals surface area contributed by atoms with Gasteiger partial charge < -0.3 is 5.32 Å². The van der Waals surface area contributed by atoms with Gasteiger partial charge in [-0.15, -0.1) is 11.3 Å². The zero-order valence-corrected chi connectivity index (χ0v) is 14.9. The number of carbonyl (C=O) groups is 2. The van der Waals surface area contributed by atoms with Crippen molar-refractivity contribution < 1.29 is 9.59 Å². The van der Waals surface area contributed by atoms with E-state index < -0.39 is 0 Å². The summed E-state index contributed by atoms with van der Waals surface area (Å²) in [6.07, 6.45) is 1.70. The van der Waals surface area contributed by atoms with Gasteiger partial charge in [0.15, 0.2) is 16.0 Å². The molecule has 4 nitrogen and oxygen atoms in total. The molecule has 0 unspecified atom stereocenters. The van der Waals surface area contributed by atoms with Gasteiger partial charge in [-0.25, -0.2) is 4.98 Å². The van der Waals surface area contributed by atoms with Crippen LogP contribution in [-0.2, 0) is 6.54 Å². The van der Waals surface area contributed by atoms with E-state index in [4.69, 9.17) is 11.6 Å². The second-order valence-electron chi connectivity index (χ2n) is 5.82. The number of carbonyl (C=O) groups excluding carboxylic acids is 2. The molecule has 25 heavy (non-hydrogen) atoms. The molecular weight excluding hydrogens is 356 g/mol. The number of rotatable bonds is 3. The average molecular weight is 369 g/mol. The van der Waals surface area contributed by atoms with Gasteiger partial charge >= 0.3 is 0 Å². The van der Waals surface area contributed by atoms with Crippen molar-refractivity contribution in [2.75, 3.05) is 5.32 Å². The Bertz CT molecular complexity index is 1030. The Hall–Kier alpha value is -2.50. The lowest BCUT2D eigenvalue weighted by molar-refractivity contribution is 0.0979. The third-order valence-electron chi connectivity index (χ3n) is 4.27. The topological polar surface area (TPSA) is 59.1 Å². The second-order valence-corrected chi connectivity index (χ2v) is 7.51. The van der Waals surface area contributed by atoms with Crippen LogP contribution in [0.4, 0.5) is 5.69 Å². The average Bonchev–Trinajstić information content (AvgIpc) is 3.03. The highest BCUT2D eigenvalue weighted by molar-refractivity contribution is 7.15. The van der Waals surface area contributed by atoms with Crippen molar-refractivity contribution in [1.29, 1.82) is 0 Å². The maximum Gasteiger partial charge on any atom is 0.196 e. The quantitative estimate of drug-likeness (QED) is 0.578. The zero-order chi connectivity index (χ0) is 17.6. The molecule has 0 aliphatic heterocycles. The van der Waals surface area contributed by atoms with Crippen LogP contribution in [0.2, 0.25) is 4.47 Å². The molecule has 1 N–H and O–H groups in total. The molecule has 0 radical (unpaired) electrons. The Balaban J connectivity index is 1.79. The van der Waals surface area contributed by atoms with Gasteiger partial charge in [0.2, 0.25) is 0 Å². The SMILES string of the molecule is Cc1ccc2c(c1NCc1cnc(Cl)s1)C(=O)c1ccccc1C2=O. The van der Waals surface area contributed by atoms with Crippen molar-refractivity contribution >= 4 is 40.2 Å². The Kier molecular flexibility index (Phi) is 3.90. The summed E-state index contributed by atoms with van der Waals surface area (Å²) in [5.74, 6) is -0.243. The van der Waals surface area contributed by atoms with E-state index in [1.165, 1.54) is 11.3 Å². The fraction of sp³-hybridized carbons (Fsp3) is 0.105. The smallest absolute Gasteiger partial charge is 0.196 e. The molecule has 1 aliphatic rings. The number of benzene rings is 2.